The van der Waals surface area contributed by atoms with E-state index in [1.807, 2.05) is 7.05 Å². The molecule has 0 bridgehead atoms. The summed E-state index contributed by atoms with van der Waals surface area (Å²) in [7, 11) is 2.04. The molecule has 0 saturated heterocycles. The number of benzene rings is 1. The van der Waals surface area contributed by atoms with Gasteiger partial charge < -0.3 is 4.90 Å². The molecular formula is C19H27NO. The molecule has 2 nitrogen and oxygen atoms in total. The van der Waals surface area contributed by atoms with E-state index in [0.29, 0.717) is 11.9 Å². The summed E-state index contributed by atoms with van der Waals surface area (Å²) in [5, 5.41) is 0. The maximum absolute atomic E-state index is 13.0. The zero-order valence-corrected chi connectivity index (χ0v) is 13.2. The van der Waals surface area contributed by atoms with Crippen LogP contribution in [0.3, 0.4) is 0 Å². The molecule has 0 N–H and O–H groups in total. The number of carbonyl (C=O) groups excluding carboxylic acids is 1. The van der Waals surface area contributed by atoms with Crippen LogP contribution in [0.2, 0.25) is 0 Å². The molecule has 1 unspecified atom stereocenters. The second-order valence-electron chi connectivity index (χ2n) is 6.74. The number of hydrogen-bond acceptors (Lipinski definition) is 1. The van der Waals surface area contributed by atoms with Crippen LogP contribution in [-0.4, -0.2) is 23.9 Å². The van der Waals surface area contributed by atoms with E-state index in [9.17, 15) is 4.79 Å². The van der Waals surface area contributed by atoms with E-state index in [1.54, 1.807) is 0 Å². The van der Waals surface area contributed by atoms with Crippen LogP contribution in [0.5, 0.6) is 0 Å². The first-order valence-electron chi connectivity index (χ1n) is 8.62. The highest BCUT2D eigenvalue weighted by atomic mass is 16.2. The summed E-state index contributed by atoms with van der Waals surface area (Å²) in [6.45, 7) is 0. The van der Waals surface area contributed by atoms with Gasteiger partial charge in [0.15, 0.2) is 0 Å². The number of amides is 1. The van der Waals surface area contributed by atoms with E-state index in [2.05, 4.69) is 29.2 Å². The lowest BCUT2D eigenvalue weighted by atomic mass is 9.82. The van der Waals surface area contributed by atoms with E-state index in [-0.39, 0.29) is 5.92 Å². The average molecular weight is 285 g/mol. The minimum absolute atomic E-state index is 0.100. The van der Waals surface area contributed by atoms with Crippen LogP contribution < -0.4 is 0 Å². The van der Waals surface area contributed by atoms with Gasteiger partial charge in [-0.25, -0.2) is 0 Å². The van der Waals surface area contributed by atoms with Gasteiger partial charge >= 0.3 is 0 Å². The standard InChI is InChI=1S/C19H27NO/c1-20(16-11-4-2-3-5-12-16)19(21)18-14-8-10-15-9-6-7-13-17(15)18/h6-7,9,13,16,18H,2-5,8,10-12,14H2,1H3. The molecule has 1 atom stereocenters. The number of hydrogen-bond donors (Lipinski definition) is 0. The van der Waals surface area contributed by atoms with Gasteiger partial charge in [-0.1, -0.05) is 49.9 Å². The lowest BCUT2D eigenvalue weighted by Crippen LogP contribution is -2.40. The van der Waals surface area contributed by atoms with Crippen molar-refractivity contribution in [1.29, 1.82) is 0 Å². The molecule has 1 amide bonds. The second kappa shape index (κ2) is 6.64. The number of carbonyl (C=O) groups is 1. The predicted octanol–water partition coefficient (Wildman–Crippen LogP) is 4.29. The highest BCUT2D eigenvalue weighted by Crippen LogP contribution is 2.34. The molecule has 0 aliphatic heterocycles. The van der Waals surface area contributed by atoms with Crippen molar-refractivity contribution >= 4 is 5.91 Å². The van der Waals surface area contributed by atoms with Gasteiger partial charge in [-0.15, -0.1) is 0 Å². The van der Waals surface area contributed by atoms with E-state index >= 15 is 0 Å². The molecule has 2 aliphatic rings. The van der Waals surface area contributed by atoms with Crippen LogP contribution in [0.1, 0.15) is 68.4 Å². The van der Waals surface area contributed by atoms with Crippen molar-refractivity contribution < 1.29 is 4.79 Å². The molecule has 1 aromatic rings. The highest BCUT2D eigenvalue weighted by molar-refractivity contribution is 5.84. The van der Waals surface area contributed by atoms with Crippen LogP contribution in [0, 0.1) is 0 Å². The fourth-order valence-corrected chi connectivity index (χ4v) is 4.08. The molecular weight excluding hydrogens is 258 g/mol. The van der Waals surface area contributed by atoms with Crippen molar-refractivity contribution in [1.82, 2.24) is 4.90 Å². The quantitative estimate of drug-likeness (QED) is 0.742. The van der Waals surface area contributed by atoms with E-state index < -0.39 is 0 Å². The number of fused-ring (bicyclic) bond motifs is 1. The fraction of sp³-hybridized carbons (Fsp3) is 0.632. The van der Waals surface area contributed by atoms with Gasteiger partial charge in [0.25, 0.3) is 0 Å². The van der Waals surface area contributed by atoms with Crippen molar-refractivity contribution in [2.45, 2.75) is 69.7 Å². The smallest absolute Gasteiger partial charge is 0.230 e. The molecule has 1 fully saturated rings. The Morgan fingerprint density at radius 2 is 1.71 bits per heavy atom. The van der Waals surface area contributed by atoms with Crippen molar-refractivity contribution in [2.75, 3.05) is 7.05 Å². The van der Waals surface area contributed by atoms with E-state index in [1.165, 1.54) is 49.7 Å². The minimum atomic E-state index is 0.100. The zero-order chi connectivity index (χ0) is 14.7. The Labute approximate surface area is 128 Å². The Balaban J connectivity index is 1.76. The first-order chi connectivity index (χ1) is 10.3. The van der Waals surface area contributed by atoms with Crippen LogP contribution in [0.15, 0.2) is 24.3 Å². The molecule has 3 rings (SSSR count). The third-order valence-electron chi connectivity index (χ3n) is 5.39. The number of rotatable bonds is 2. The largest absolute Gasteiger partial charge is 0.342 e. The molecule has 1 aromatic carbocycles. The lowest BCUT2D eigenvalue weighted by Gasteiger charge is -2.33. The summed E-state index contributed by atoms with van der Waals surface area (Å²) in [5.74, 6) is 0.456. The average Bonchev–Trinajstić information content (AvgIpc) is 2.82. The molecule has 0 aromatic heterocycles. The maximum atomic E-state index is 13.0. The Morgan fingerprint density at radius 1 is 1.00 bits per heavy atom. The monoisotopic (exact) mass is 285 g/mol. The summed E-state index contributed by atoms with van der Waals surface area (Å²) in [6.07, 6.45) is 10.9. The molecule has 2 heteroatoms. The maximum Gasteiger partial charge on any atom is 0.230 e. The predicted molar refractivity (Wildman–Crippen MR) is 86.4 cm³/mol. The summed E-state index contributed by atoms with van der Waals surface area (Å²) in [4.78, 5) is 15.1. The third-order valence-corrected chi connectivity index (χ3v) is 5.39. The van der Waals surface area contributed by atoms with Crippen molar-refractivity contribution in [3.8, 4) is 0 Å². The normalized spacial score (nSPS) is 23.2. The van der Waals surface area contributed by atoms with Crippen LogP contribution in [0.25, 0.3) is 0 Å². The van der Waals surface area contributed by atoms with Crippen LogP contribution in [-0.2, 0) is 11.2 Å². The molecule has 114 valence electrons. The summed E-state index contributed by atoms with van der Waals surface area (Å²) in [6, 6.07) is 9.00. The molecule has 0 radical (unpaired) electrons. The fourth-order valence-electron chi connectivity index (χ4n) is 4.08. The van der Waals surface area contributed by atoms with E-state index in [4.69, 9.17) is 0 Å². The summed E-state index contributed by atoms with van der Waals surface area (Å²) in [5.41, 5.74) is 2.67. The molecule has 2 aliphatic carbocycles. The third kappa shape index (κ3) is 3.14. The molecule has 0 heterocycles. The van der Waals surface area contributed by atoms with Gasteiger partial charge in [-0.05, 0) is 43.2 Å². The first-order valence-corrected chi connectivity index (χ1v) is 8.62. The number of aryl methyl sites for hydroxylation is 1. The summed E-state index contributed by atoms with van der Waals surface area (Å²) < 4.78 is 0. The van der Waals surface area contributed by atoms with Gasteiger partial charge in [0.2, 0.25) is 5.91 Å². The second-order valence-corrected chi connectivity index (χ2v) is 6.74. The van der Waals surface area contributed by atoms with Crippen molar-refractivity contribution in [2.24, 2.45) is 0 Å². The number of nitrogens with zero attached hydrogens (tertiary/aromatic N) is 1. The molecule has 21 heavy (non-hydrogen) atoms. The minimum Gasteiger partial charge on any atom is -0.342 e. The van der Waals surface area contributed by atoms with Crippen molar-refractivity contribution in [3.05, 3.63) is 35.4 Å². The molecule has 0 spiro atoms. The zero-order valence-electron chi connectivity index (χ0n) is 13.2. The topological polar surface area (TPSA) is 20.3 Å². The Morgan fingerprint density at radius 3 is 2.48 bits per heavy atom. The van der Waals surface area contributed by atoms with Crippen LogP contribution >= 0.6 is 0 Å². The van der Waals surface area contributed by atoms with Gasteiger partial charge in [0.1, 0.15) is 0 Å². The Bertz CT molecular complexity index is 488. The van der Waals surface area contributed by atoms with Gasteiger partial charge in [-0.2, -0.15) is 0 Å². The van der Waals surface area contributed by atoms with E-state index in [0.717, 1.165) is 19.3 Å². The highest BCUT2D eigenvalue weighted by Gasteiger charge is 2.31. The SMILES string of the molecule is CN(C(=O)C1CCCc2ccccc21)C1CCCCCC1. The summed E-state index contributed by atoms with van der Waals surface area (Å²) >= 11 is 0. The Kier molecular flexibility index (Phi) is 4.62. The van der Waals surface area contributed by atoms with Crippen molar-refractivity contribution in [3.63, 3.8) is 0 Å². The van der Waals surface area contributed by atoms with Gasteiger partial charge in [-0.3, -0.25) is 4.79 Å². The first kappa shape index (κ1) is 14.6. The van der Waals surface area contributed by atoms with Crippen LogP contribution in [0.4, 0.5) is 0 Å². The lowest BCUT2D eigenvalue weighted by molar-refractivity contribution is -0.134. The Hall–Kier alpha value is -1.31. The van der Waals surface area contributed by atoms with Gasteiger partial charge in [0, 0.05) is 13.1 Å². The number of likely N-dealkylation sites (N-methyl/N-ethyl adjacent to an activating group) is 1. The van der Waals surface area contributed by atoms with Gasteiger partial charge in [0.05, 0.1) is 5.92 Å². The molecule has 1 saturated carbocycles.